The number of carbonyl (C=O) groups is 1. The van der Waals surface area contributed by atoms with Gasteiger partial charge < -0.3 is 65.1 Å². The maximum absolute atomic E-state index is 13.3. The van der Waals surface area contributed by atoms with E-state index in [-0.39, 0.29) is 18.9 Å². The van der Waals surface area contributed by atoms with Crippen molar-refractivity contribution in [3.05, 3.63) is 85.1 Å². The summed E-state index contributed by atoms with van der Waals surface area (Å²) in [5.41, 5.74) is 0. The van der Waals surface area contributed by atoms with Crippen molar-refractivity contribution in [2.45, 2.75) is 338 Å². The summed E-state index contributed by atoms with van der Waals surface area (Å²) in [6.07, 6.45) is 58.7. The number of hydrogen-bond acceptors (Lipinski definition) is 13. The van der Waals surface area contributed by atoms with Crippen LogP contribution in [-0.2, 0) is 23.7 Å². The van der Waals surface area contributed by atoms with Gasteiger partial charge in [0.2, 0.25) is 5.91 Å². The molecule has 9 N–H and O–H groups in total. The van der Waals surface area contributed by atoms with Crippen molar-refractivity contribution < 1.29 is 64.6 Å². The van der Waals surface area contributed by atoms with E-state index in [0.29, 0.717) is 12.8 Å². The predicted molar refractivity (Wildman–Crippen MR) is 346 cm³/mol. The Morgan fingerprint density at radius 3 is 1.25 bits per heavy atom. The third-order valence-corrected chi connectivity index (χ3v) is 16.4. The molecule has 0 bridgehead atoms. The summed E-state index contributed by atoms with van der Waals surface area (Å²) >= 11 is 0. The van der Waals surface area contributed by atoms with Gasteiger partial charge in [0.25, 0.3) is 0 Å². The zero-order chi connectivity index (χ0) is 61.6. The molecule has 0 aliphatic carbocycles. The second kappa shape index (κ2) is 55.3. The largest absolute Gasteiger partial charge is 0.394 e. The minimum atomic E-state index is -1.79. The third-order valence-electron chi connectivity index (χ3n) is 16.4. The molecular weight excluding hydrogens is 1070 g/mol. The Labute approximate surface area is 516 Å². The van der Waals surface area contributed by atoms with Gasteiger partial charge >= 0.3 is 0 Å². The summed E-state index contributed by atoms with van der Waals surface area (Å²) in [6.45, 7) is 2.76. The van der Waals surface area contributed by atoms with Gasteiger partial charge in [0.05, 0.1) is 32.0 Å². The lowest BCUT2D eigenvalue weighted by Crippen LogP contribution is -2.65. The molecule has 2 aliphatic rings. The molecule has 2 aliphatic heterocycles. The lowest BCUT2D eigenvalue weighted by molar-refractivity contribution is -0.359. The Hall–Kier alpha value is -2.83. The van der Waals surface area contributed by atoms with Crippen molar-refractivity contribution in [2.75, 3.05) is 19.8 Å². The van der Waals surface area contributed by atoms with Crippen LogP contribution >= 0.6 is 0 Å². The third kappa shape index (κ3) is 39.7. The molecule has 14 heteroatoms. The number of hydrogen-bond donors (Lipinski definition) is 9. The zero-order valence-electron chi connectivity index (χ0n) is 53.3. The van der Waals surface area contributed by atoms with Crippen LogP contribution in [-0.4, -0.2) is 140 Å². The van der Waals surface area contributed by atoms with E-state index in [1.54, 1.807) is 0 Å². The molecule has 2 heterocycles. The SMILES string of the molecule is CC/C=C\C/C=C\C/C=C\C/C=C\C/C=C\C/C=C\C/C=C\CCCCCCCC(=O)NC(COC1OC(CO)C(OC2OC(CO)C(O)C(O)C2O)C(O)C1O)C(O)CCCCCCCCCCCCCCCCCCCCCCCCCC. The summed E-state index contributed by atoms with van der Waals surface area (Å²) in [5, 5.41) is 87.6. The summed E-state index contributed by atoms with van der Waals surface area (Å²) in [7, 11) is 0. The fourth-order valence-electron chi connectivity index (χ4n) is 10.9. The summed E-state index contributed by atoms with van der Waals surface area (Å²) in [6, 6.07) is -0.847. The monoisotopic (exact) mass is 1200 g/mol. The van der Waals surface area contributed by atoms with Crippen LogP contribution in [0.25, 0.3) is 0 Å². The molecule has 0 aromatic rings. The molecule has 0 saturated carbocycles. The molecule has 0 aromatic heterocycles. The summed E-state index contributed by atoms with van der Waals surface area (Å²) in [5.74, 6) is -0.226. The van der Waals surface area contributed by atoms with Crippen molar-refractivity contribution in [2.24, 2.45) is 0 Å². The first-order valence-electron chi connectivity index (χ1n) is 34.3. The predicted octanol–water partition coefficient (Wildman–Crippen LogP) is 13.6. The number of allylic oxidation sites excluding steroid dienone is 14. The molecule has 0 spiro atoms. The van der Waals surface area contributed by atoms with E-state index in [9.17, 15) is 45.6 Å². The van der Waals surface area contributed by atoms with Crippen LogP contribution in [0.5, 0.6) is 0 Å². The van der Waals surface area contributed by atoms with Crippen LogP contribution < -0.4 is 5.32 Å². The van der Waals surface area contributed by atoms with Gasteiger partial charge in [-0.3, -0.25) is 4.79 Å². The summed E-state index contributed by atoms with van der Waals surface area (Å²) in [4.78, 5) is 13.3. The molecule has 12 atom stereocenters. The molecule has 12 unspecified atom stereocenters. The average Bonchev–Trinajstić information content (AvgIpc) is 3.68. The highest BCUT2D eigenvalue weighted by Crippen LogP contribution is 2.30. The van der Waals surface area contributed by atoms with Gasteiger partial charge in [-0.2, -0.15) is 0 Å². The van der Waals surface area contributed by atoms with E-state index >= 15 is 0 Å². The van der Waals surface area contributed by atoms with Crippen molar-refractivity contribution in [1.82, 2.24) is 5.32 Å². The lowest BCUT2D eigenvalue weighted by Gasteiger charge is -2.46. The Morgan fingerprint density at radius 1 is 0.435 bits per heavy atom. The first-order chi connectivity index (χ1) is 41.6. The number of carbonyl (C=O) groups excluding carboxylic acids is 1. The topological polar surface area (TPSA) is 228 Å². The van der Waals surface area contributed by atoms with Crippen molar-refractivity contribution in [3.63, 3.8) is 0 Å². The van der Waals surface area contributed by atoms with E-state index < -0.39 is 86.8 Å². The van der Waals surface area contributed by atoms with Crippen molar-refractivity contribution >= 4 is 5.91 Å². The zero-order valence-corrected chi connectivity index (χ0v) is 53.3. The molecule has 2 saturated heterocycles. The Kier molecular flexibility index (Phi) is 50.9. The second-order valence-electron chi connectivity index (χ2n) is 23.9. The molecule has 2 rings (SSSR count). The summed E-state index contributed by atoms with van der Waals surface area (Å²) < 4.78 is 22.9. The van der Waals surface area contributed by atoms with Crippen LogP contribution in [0.15, 0.2) is 85.1 Å². The first kappa shape index (κ1) is 78.3. The van der Waals surface area contributed by atoms with Crippen LogP contribution in [0.3, 0.4) is 0 Å². The smallest absolute Gasteiger partial charge is 0.220 e. The molecule has 2 fully saturated rings. The van der Waals surface area contributed by atoms with Crippen molar-refractivity contribution in [1.29, 1.82) is 0 Å². The number of nitrogens with one attached hydrogen (secondary N) is 1. The maximum Gasteiger partial charge on any atom is 0.220 e. The van der Waals surface area contributed by atoms with E-state index in [0.717, 1.165) is 103 Å². The van der Waals surface area contributed by atoms with Gasteiger partial charge in [-0.05, 0) is 70.6 Å². The van der Waals surface area contributed by atoms with Gasteiger partial charge in [0, 0.05) is 6.42 Å². The van der Waals surface area contributed by atoms with Gasteiger partial charge in [-0.25, -0.2) is 0 Å². The Morgan fingerprint density at radius 2 is 0.812 bits per heavy atom. The van der Waals surface area contributed by atoms with Crippen LogP contribution in [0, 0.1) is 0 Å². The highest BCUT2D eigenvalue weighted by atomic mass is 16.7. The molecule has 0 aromatic carbocycles. The van der Waals surface area contributed by atoms with Crippen LogP contribution in [0.4, 0.5) is 0 Å². The van der Waals surface area contributed by atoms with Crippen molar-refractivity contribution in [3.8, 4) is 0 Å². The van der Waals surface area contributed by atoms with E-state index in [1.165, 1.54) is 128 Å². The quantitative estimate of drug-likeness (QED) is 0.0204. The van der Waals surface area contributed by atoms with E-state index in [1.807, 2.05) is 0 Å². The van der Waals surface area contributed by atoms with Gasteiger partial charge in [0.15, 0.2) is 12.6 Å². The lowest BCUT2D eigenvalue weighted by atomic mass is 9.97. The standard InChI is InChI=1S/C71H125NO13/c1-3-5-7-9-11-13-15-17-19-21-23-25-27-29-30-31-33-35-37-39-41-43-45-47-49-51-53-55-63(76)72-59(58-82-70-68(81)66(79)69(62(57-74)84-70)85-71-67(80)65(78)64(77)61(56-73)83-71)60(75)54-52-50-48-46-44-42-40-38-36-34-32-28-26-24-22-20-18-16-14-12-10-8-6-4-2/h5,7,11,13,17,19,23,25,29-30,33,35,39,41,59-62,64-71,73-75,77-81H,3-4,6,8-10,12,14-16,18,20-22,24,26-28,31-32,34,36-38,40,42-58H2,1-2H3,(H,72,76)/b7-5-,13-11-,19-17-,25-23-,30-29-,35-33-,41-39-. The first-order valence-corrected chi connectivity index (χ1v) is 34.3. The minimum absolute atomic E-state index is 0.226. The Balaban J connectivity index is 1.71. The van der Waals surface area contributed by atoms with Gasteiger partial charge in [-0.15, -0.1) is 0 Å². The number of rotatable bonds is 55. The van der Waals surface area contributed by atoms with E-state index in [4.69, 9.17) is 18.9 Å². The number of aliphatic hydroxyl groups excluding tert-OH is 8. The van der Waals surface area contributed by atoms with Gasteiger partial charge in [-0.1, -0.05) is 272 Å². The second-order valence-corrected chi connectivity index (χ2v) is 23.9. The van der Waals surface area contributed by atoms with Gasteiger partial charge in [0.1, 0.15) is 48.8 Å². The number of amides is 1. The Bertz CT molecular complexity index is 1750. The number of ether oxygens (including phenoxy) is 4. The van der Waals surface area contributed by atoms with Crippen LogP contribution in [0.1, 0.15) is 264 Å². The molecular formula is C71H125NO13. The number of unbranched alkanes of at least 4 members (excludes halogenated alkanes) is 28. The molecule has 0 radical (unpaired) electrons. The average molecular weight is 1200 g/mol. The molecule has 14 nitrogen and oxygen atoms in total. The molecule has 85 heavy (non-hydrogen) atoms. The fraction of sp³-hybridized carbons (Fsp3) is 0.789. The highest BCUT2D eigenvalue weighted by molar-refractivity contribution is 5.76. The minimum Gasteiger partial charge on any atom is -0.394 e. The molecule has 1 amide bonds. The fourth-order valence-corrected chi connectivity index (χ4v) is 10.9. The molecule has 492 valence electrons. The normalized spacial score (nSPS) is 24.1. The van der Waals surface area contributed by atoms with E-state index in [2.05, 4.69) is 104 Å². The number of aliphatic hydroxyl groups is 8. The maximum atomic E-state index is 13.3. The van der Waals surface area contributed by atoms with Crippen LogP contribution in [0.2, 0.25) is 0 Å². The highest BCUT2D eigenvalue weighted by Gasteiger charge is 2.51.